The number of rotatable bonds is 2. The number of thiophene rings is 1. The SMILES string of the molecule is Fc1ccc2c(c1)C(c1cccs1)=NNC(c1ccc(Cl)cc1)=N2. The molecule has 0 atom stereocenters. The van der Waals surface area contributed by atoms with Gasteiger partial charge in [0.05, 0.1) is 10.6 Å². The van der Waals surface area contributed by atoms with E-state index in [-0.39, 0.29) is 5.82 Å². The van der Waals surface area contributed by atoms with E-state index in [0.29, 0.717) is 27.8 Å². The summed E-state index contributed by atoms with van der Waals surface area (Å²) >= 11 is 7.49. The molecule has 1 aromatic heterocycles. The second-order valence-corrected chi connectivity index (χ2v) is 6.56. The molecule has 0 spiro atoms. The van der Waals surface area contributed by atoms with Crippen molar-refractivity contribution in [2.24, 2.45) is 10.1 Å². The molecule has 0 fully saturated rings. The van der Waals surface area contributed by atoms with Gasteiger partial charge >= 0.3 is 0 Å². The molecule has 1 aliphatic rings. The number of benzene rings is 2. The van der Waals surface area contributed by atoms with Gasteiger partial charge in [-0.1, -0.05) is 17.7 Å². The van der Waals surface area contributed by atoms with Crippen LogP contribution in [-0.4, -0.2) is 11.5 Å². The van der Waals surface area contributed by atoms with E-state index in [9.17, 15) is 4.39 Å². The lowest BCUT2D eigenvalue weighted by molar-refractivity contribution is 0.627. The zero-order chi connectivity index (χ0) is 16.5. The van der Waals surface area contributed by atoms with Crippen LogP contribution >= 0.6 is 22.9 Å². The molecular weight excluding hydrogens is 345 g/mol. The van der Waals surface area contributed by atoms with Gasteiger partial charge in [0.1, 0.15) is 11.5 Å². The summed E-state index contributed by atoms with van der Waals surface area (Å²) in [5.41, 5.74) is 5.85. The number of amidine groups is 1. The molecule has 0 bridgehead atoms. The van der Waals surface area contributed by atoms with Crippen molar-refractivity contribution >= 4 is 40.2 Å². The lowest BCUT2D eigenvalue weighted by Gasteiger charge is -2.05. The van der Waals surface area contributed by atoms with Crippen LogP contribution < -0.4 is 5.43 Å². The Morgan fingerprint density at radius 3 is 2.62 bits per heavy atom. The first-order valence-corrected chi connectivity index (χ1v) is 8.48. The van der Waals surface area contributed by atoms with Crippen molar-refractivity contribution < 1.29 is 4.39 Å². The molecule has 2 aromatic carbocycles. The maximum Gasteiger partial charge on any atom is 0.154 e. The lowest BCUT2D eigenvalue weighted by Crippen LogP contribution is -2.19. The molecule has 0 saturated carbocycles. The monoisotopic (exact) mass is 355 g/mol. The molecule has 6 heteroatoms. The third-order valence-corrected chi connectivity index (χ3v) is 4.72. The van der Waals surface area contributed by atoms with Gasteiger partial charge in [-0.05, 0) is 53.9 Å². The molecule has 0 saturated heterocycles. The van der Waals surface area contributed by atoms with E-state index < -0.39 is 0 Å². The predicted octanol–water partition coefficient (Wildman–Crippen LogP) is 4.97. The van der Waals surface area contributed by atoms with Gasteiger partial charge in [0, 0.05) is 16.1 Å². The molecule has 1 aliphatic heterocycles. The lowest BCUT2D eigenvalue weighted by atomic mass is 10.1. The summed E-state index contributed by atoms with van der Waals surface area (Å²) in [7, 11) is 0. The Hall–Kier alpha value is -2.50. The van der Waals surface area contributed by atoms with Crippen molar-refractivity contribution in [3.8, 4) is 0 Å². The molecule has 3 aromatic rings. The first-order valence-electron chi connectivity index (χ1n) is 7.23. The molecule has 0 unspecified atom stereocenters. The number of aliphatic imine (C=N–C) groups is 1. The van der Waals surface area contributed by atoms with Crippen LogP contribution in [-0.2, 0) is 0 Å². The molecule has 0 aliphatic carbocycles. The molecule has 0 radical (unpaired) electrons. The first-order chi connectivity index (χ1) is 11.7. The molecular formula is C18H11ClFN3S. The third-order valence-electron chi connectivity index (χ3n) is 3.59. The number of hydrogen-bond donors (Lipinski definition) is 1. The highest BCUT2D eigenvalue weighted by atomic mass is 35.5. The van der Waals surface area contributed by atoms with Crippen LogP contribution in [0.1, 0.15) is 16.0 Å². The van der Waals surface area contributed by atoms with Crippen LogP contribution in [0.3, 0.4) is 0 Å². The largest absolute Gasteiger partial charge is 0.260 e. The van der Waals surface area contributed by atoms with Gasteiger partial charge < -0.3 is 0 Å². The Balaban J connectivity index is 1.87. The van der Waals surface area contributed by atoms with E-state index in [1.54, 1.807) is 29.5 Å². The highest BCUT2D eigenvalue weighted by Gasteiger charge is 2.18. The van der Waals surface area contributed by atoms with Crippen LogP contribution in [0, 0.1) is 5.82 Å². The third kappa shape index (κ3) is 2.84. The summed E-state index contributed by atoms with van der Waals surface area (Å²) in [5.74, 6) is 0.272. The Morgan fingerprint density at radius 2 is 1.88 bits per heavy atom. The van der Waals surface area contributed by atoms with Gasteiger partial charge in [-0.25, -0.2) is 9.38 Å². The quantitative estimate of drug-likeness (QED) is 0.692. The van der Waals surface area contributed by atoms with Crippen molar-refractivity contribution in [1.82, 2.24) is 5.43 Å². The summed E-state index contributed by atoms with van der Waals surface area (Å²) in [6.45, 7) is 0. The van der Waals surface area contributed by atoms with E-state index in [2.05, 4.69) is 15.5 Å². The number of halogens is 2. The van der Waals surface area contributed by atoms with Crippen molar-refractivity contribution in [2.45, 2.75) is 0 Å². The van der Waals surface area contributed by atoms with Crippen molar-refractivity contribution in [3.05, 3.63) is 86.8 Å². The molecule has 118 valence electrons. The highest BCUT2D eigenvalue weighted by Crippen LogP contribution is 2.28. The topological polar surface area (TPSA) is 36.8 Å². The molecule has 1 N–H and O–H groups in total. The van der Waals surface area contributed by atoms with E-state index >= 15 is 0 Å². The van der Waals surface area contributed by atoms with E-state index in [1.807, 2.05) is 29.6 Å². The smallest absolute Gasteiger partial charge is 0.154 e. The van der Waals surface area contributed by atoms with Gasteiger partial charge in [-0.3, -0.25) is 5.43 Å². The van der Waals surface area contributed by atoms with E-state index in [4.69, 9.17) is 11.6 Å². The Morgan fingerprint density at radius 1 is 1.04 bits per heavy atom. The number of hydrogen-bond acceptors (Lipinski definition) is 4. The van der Waals surface area contributed by atoms with Gasteiger partial charge in [0.15, 0.2) is 5.84 Å². The van der Waals surface area contributed by atoms with Crippen LogP contribution in [0.2, 0.25) is 5.02 Å². The zero-order valence-corrected chi connectivity index (χ0v) is 13.9. The summed E-state index contributed by atoms with van der Waals surface area (Å²) < 4.78 is 13.8. The zero-order valence-electron chi connectivity index (χ0n) is 12.3. The van der Waals surface area contributed by atoms with Crippen molar-refractivity contribution in [1.29, 1.82) is 0 Å². The predicted molar refractivity (Wildman–Crippen MR) is 97.1 cm³/mol. The van der Waals surface area contributed by atoms with Crippen LogP contribution in [0.25, 0.3) is 0 Å². The summed E-state index contributed by atoms with van der Waals surface area (Å²) in [4.78, 5) is 5.57. The number of fused-ring (bicyclic) bond motifs is 1. The fourth-order valence-corrected chi connectivity index (χ4v) is 3.30. The average molecular weight is 356 g/mol. The molecule has 0 amide bonds. The summed E-state index contributed by atoms with van der Waals surface area (Å²) in [6.07, 6.45) is 0. The molecule has 3 nitrogen and oxygen atoms in total. The summed E-state index contributed by atoms with van der Waals surface area (Å²) in [5, 5.41) is 7.09. The second kappa shape index (κ2) is 6.19. The van der Waals surface area contributed by atoms with Crippen molar-refractivity contribution in [2.75, 3.05) is 0 Å². The van der Waals surface area contributed by atoms with Gasteiger partial charge in [-0.15, -0.1) is 11.3 Å². The highest BCUT2D eigenvalue weighted by molar-refractivity contribution is 7.12. The number of nitrogens with one attached hydrogen (secondary N) is 1. The fourth-order valence-electron chi connectivity index (χ4n) is 2.45. The molecule has 4 rings (SSSR count). The Labute approximate surface area is 147 Å². The first kappa shape index (κ1) is 15.1. The van der Waals surface area contributed by atoms with E-state index in [0.717, 1.165) is 10.4 Å². The number of nitrogens with zero attached hydrogens (tertiary/aromatic N) is 2. The minimum atomic E-state index is -0.317. The number of hydrazone groups is 1. The van der Waals surface area contributed by atoms with Gasteiger partial charge in [0.25, 0.3) is 0 Å². The summed E-state index contributed by atoms with van der Waals surface area (Å²) in [6, 6.07) is 15.7. The van der Waals surface area contributed by atoms with Gasteiger partial charge in [-0.2, -0.15) is 5.10 Å². The standard InChI is InChI=1S/C18H11ClFN3S/c19-12-5-3-11(4-6-12)18-21-15-8-7-13(20)10-14(15)17(22-23-18)16-2-1-9-24-16/h1-10H,(H,21,23). The van der Waals surface area contributed by atoms with Crippen LogP contribution in [0.5, 0.6) is 0 Å². The second-order valence-electron chi connectivity index (χ2n) is 5.18. The maximum atomic E-state index is 13.8. The Bertz CT molecular complexity index is 947. The van der Waals surface area contributed by atoms with Crippen molar-refractivity contribution in [3.63, 3.8) is 0 Å². The van der Waals surface area contributed by atoms with Crippen LogP contribution in [0.15, 0.2) is 70.1 Å². The maximum absolute atomic E-state index is 13.8. The van der Waals surface area contributed by atoms with Crippen LogP contribution in [0.4, 0.5) is 10.1 Å². The molecule has 2 heterocycles. The minimum Gasteiger partial charge on any atom is -0.260 e. The normalized spacial score (nSPS) is 13.4. The average Bonchev–Trinajstić information content (AvgIpc) is 3.04. The van der Waals surface area contributed by atoms with E-state index in [1.165, 1.54) is 12.1 Å². The Kier molecular flexibility index (Phi) is 3.88. The fraction of sp³-hybridized carbons (Fsp3) is 0. The molecule has 24 heavy (non-hydrogen) atoms. The van der Waals surface area contributed by atoms with Gasteiger partial charge in [0.2, 0.25) is 0 Å². The minimum absolute atomic E-state index is 0.317.